The highest BCUT2D eigenvalue weighted by Crippen LogP contribution is 2.31. The molecule has 7 heteroatoms. The molecule has 0 bridgehead atoms. The van der Waals surface area contributed by atoms with Gasteiger partial charge in [0.15, 0.2) is 0 Å². The van der Waals surface area contributed by atoms with E-state index in [1.165, 1.54) is 12.1 Å². The van der Waals surface area contributed by atoms with Gasteiger partial charge < -0.3 is 5.32 Å². The number of nitro benzene ring substituents is 1. The SMILES string of the molecule is CC(Nc1ccc(Cl)cc1[N+](=O)[O-])c1ccc(F)c(Br)c1. The third-order valence-corrected chi connectivity index (χ3v) is 3.81. The minimum atomic E-state index is -0.499. The van der Waals surface area contributed by atoms with Gasteiger partial charge >= 0.3 is 0 Å². The second kappa shape index (κ2) is 6.41. The predicted molar refractivity (Wildman–Crippen MR) is 84.2 cm³/mol. The van der Waals surface area contributed by atoms with Crippen molar-refractivity contribution >= 4 is 38.9 Å². The number of rotatable bonds is 4. The molecular weight excluding hydrogens is 363 g/mol. The number of anilines is 1. The normalized spacial score (nSPS) is 12.0. The Morgan fingerprint density at radius 2 is 2.05 bits per heavy atom. The fraction of sp³-hybridized carbons (Fsp3) is 0.143. The monoisotopic (exact) mass is 372 g/mol. The quantitative estimate of drug-likeness (QED) is 0.582. The van der Waals surface area contributed by atoms with Crippen molar-refractivity contribution in [3.63, 3.8) is 0 Å². The van der Waals surface area contributed by atoms with Crippen LogP contribution in [0.1, 0.15) is 18.5 Å². The summed E-state index contributed by atoms with van der Waals surface area (Å²) in [5.41, 5.74) is 1.06. The van der Waals surface area contributed by atoms with Crippen LogP contribution in [0.4, 0.5) is 15.8 Å². The third-order valence-electron chi connectivity index (χ3n) is 2.97. The molecule has 1 atom stereocenters. The number of nitrogens with one attached hydrogen (secondary N) is 1. The van der Waals surface area contributed by atoms with Crippen LogP contribution in [-0.4, -0.2) is 4.92 Å². The predicted octanol–water partition coefficient (Wildman–Crippen LogP) is 5.32. The van der Waals surface area contributed by atoms with Gasteiger partial charge in [0.05, 0.1) is 9.40 Å². The molecule has 0 saturated heterocycles. The van der Waals surface area contributed by atoms with Crippen molar-refractivity contribution in [1.29, 1.82) is 0 Å². The topological polar surface area (TPSA) is 55.2 Å². The molecule has 2 aromatic rings. The number of benzene rings is 2. The van der Waals surface area contributed by atoms with Crippen molar-refractivity contribution < 1.29 is 9.31 Å². The lowest BCUT2D eigenvalue weighted by molar-refractivity contribution is -0.384. The number of hydrogen-bond acceptors (Lipinski definition) is 3. The van der Waals surface area contributed by atoms with Gasteiger partial charge in [0.2, 0.25) is 0 Å². The molecule has 0 heterocycles. The van der Waals surface area contributed by atoms with E-state index in [1.807, 2.05) is 6.92 Å². The van der Waals surface area contributed by atoms with E-state index in [2.05, 4.69) is 21.2 Å². The van der Waals surface area contributed by atoms with Crippen LogP contribution in [0.15, 0.2) is 40.9 Å². The average Bonchev–Trinajstić information content (AvgIpc) is 2.43. The van der Waals surface area contributed by atoms with Crippen molar-refractivity contribution in [3.8, 4) is 0 Å². The molecule has 4 nitrogen and oxygen atoms in total. The Kier molecular flexibility index (Phi) is 4.80. The summed E-state index contributed by atoms with van der Waals surface area (Å²) in [5.74, 6) is -0.358. The number of halogens is 3. The maximum absolute atomic E-state index is 13.2. The lowest BCUT2D eigenvalue weighted by atomic mass is 10.1. The zero-order chi connectivity index (χ0) is 15.6. The first-order valence-corrected chi connectivity index (χ1v) is 7.21. The summed E-state index contributed by atoms with van der Waals surface area (Å²) < 4.78 is 13.6. The second-order valence-electron chi connectivity index (χ2n) is 4.46. The maximum atomic E-state index is 13.2. The molecule has 2 rings (SSSR count). The summed E-state index contributed by atoms with van der Waals surface area (Å²) in [5, 5.41) is 14.4. The van der Waals surface area contributed by atoms with E-state index < -0.39 is 4.92 Å². The summed E-state index contributed by atoms with van der Waals surface area (Å²) >= 11 is 8.89. The van der Waals surface area contributed by atoms with Gasteiger partial charge in [0.1, 0.15) is 11.5 Å². The van der Waals surface area contributed by atoms with Crippen LogP contribution >= 0.6 is 27.5 Å². The lowest BCUT2D eigenvalue weighted by Crippen LogP contribution is -2.08. The lowest BCUT2D eigenvalue weighted by Gasteiger charge is -2.16. The van der Waals surface area contributed by atoms with Gasteiger partial charge in [-0.3, -0.25) is 10.1 Å². The number of nitro groups is 1. The van der Waals surface area contributed by atoms with E-state index in [0.29, 0.717) is 15.2 Å². The Morgan fingerprint density at radius 1 is 1.33 bits per heavy atom. The molecule has 21 heavy (non-hydrogen) atoms. The highest BCUT2D eigenvalue weighted by atomic mass is 79.9. The first kappa shape index (κ1) is 15.7. The van der Waals surface area contributed by atoms with Crippen molar-refractivity contribution in [2.75, 3.05) is 5.32 Å². The standard InChI is InChI=1S/C14H11BrClFN2O2/c1-8(9-2-4-12(17)11(15)6-9)18-13-5-3-10(16)7-14(13)19(20)21/h2-8,18H,1H3. The van der Waals surface area contributed by atoms with E-state index in [9.17, 15) is 14.5 Å². The molecule has 110 valence electrons. The molecule has 0 fully saturated rings. The zero-order valence-electron chi connectivity index (χ0n) is 10.9. The molecule has 0 aliphatic carbocycles. The molecule has 0 radical (unpaired) electrons. The molecule has 0 aliphatic rings. The molecule has 0 saturated carbocycles. The van der Waals surface area contributed by atoms with E-state index in [4.69, 9.17) is 11.6 Å². The van der Waals surface area contributed by atoms with Crippen molar-refractivity contribution in [2.45, 2.75) is 13.0 Å². The van der Waals surface area contributed by atoms with Crippen molar-refractivity contribution in [1.82, 2.24) is 0 Å². The highest BCUT2D eigenvalue weighted by molar-refractivity contribution is 9.10. The summed E-state index contributed by atoms with van der Waals surface area (Å²) in [6, 6.07) is 8.78. The minimum Gasteiger partial charge on any atom is -0.373 e. The molecule has 1 N–H and O–H groups in total. The van der Waals surface area contributed by atoms with Crippen LogP contribution in [0.3, 0.4) is 0 Å². The van der Waals surface area contributed by atoms with E-state index in [0.717, 1.165) is 5.56 Å². The van der Waals surface area contributed by atoms with E-state index in [1.54, 1.807) is 24.3 Å². The van der Waals surface area contributed by atoms with Crippen LogP contribution in [0.2, 0.25) is 5.02 Å². The molecule has 0 amide bonds. The largest absolute Gasteiger partial charge is 0.373 e. The fourth-order valence-electron chi connectivity index (χ4n) is 1.88. The summed E-state index contributed by atoms with van der Waals surface area (Å²) in [6.07, 6.45) is 0. The van der Waals surface area contributed by atoms with Gasteiger partial charge in [0, 0.05) is 17.1 Å². The van der Waals surface area contributed by atoms with Gasteiger partial charge in [-0.2, -0.15) is 0 Å². The van der Waals surface area contributed by atoms with Gasteiger partial charge in [0.25, 0.3) is 5.69 Å². The van der Waals surface area contributed by atoms with Crippen molar-refractivity contribution in [2.24, 2.45) is 0 Å². The van der Waals surface area contributed by atoms with Crippen LogP contribution < -0.4 is 5.32 Å². The van der Waals surface area contributed by atoms with E-state index >= 15 is 0 Å². The molecule has 0 aliphatic heterocycles. The summed E-state index contributed by atoms with van der Waals surface area (Å²) in [6.45, 7) is 1.83. The molecule has 2 aromatic carbocycles. The average molecular weight is 374 g/mol. The summed E-state index contributed by atoms with van der Waals surface area (Å²) in [7, 11) is 0. The van der Waals surface area contributed by atoms with Crippen LogP contribution in [0.25, 0.3) is 0 Å². The highest BCUT2D eigenvalue weighted by Gasteiger charge is 2.17. The molecule has 0 aromatic heterocycles. The second-order valence-corrected chi connectivity index (χ2v) is 5.75. The van der Waals surface area contributed by atoms with Crippen LogP contribution in [0.5, 0.6) is 0 Å². The molecular formula is C14H11BrClFN2O2. The maximum Gasteiger partial charge on any atom is 0.293 e. The minimum absolute atomic E-state index is 0.101. The zero-order valence-corrected chi connectivity index (χ0v) is 13.3. The Bertz CT molecular complexity index is 697. The summed E-state index contributed by atoms with van der Waals surface area (Å²) in [4.78, 5) is 10.5. The van der Waals surface area contributed by atoms with Crippen molar-refractivity contribution in [3.05, 3.63) is 67.4 Å². The van der Waals surface area contributed by atoms with Gasteiger partial charge in [-0.1, -0.05) is 17.7 Å². The van der Waals surface area contributed by atoms with Gasteiger partial charge in [-0.05, 0) is 52.7 Å². The number of nitrogens with zero attached hydrogens (tertiary/aromatic N) is 1. The first-order chi connectivity index (χ1) is 9.88. The van der Waals surface area contributed by atoms with E-state index in [-0.39, 0.29) is 17.5 Å². The molecule has 1 unspecified atom stereocenters. The molecule has 0 spiro atoms. The Morgan fingerprint density at radius 3 is 2.67 bits per heavy atom. The van der Waals surface area contributed by atoms with Crippen LogP contribution in [-0.2, 0) is 0 Å². The Labute approximate surface area is 134 Å². The van der Waals surface area contributed by atoms with Gasteiger partial charge in [-0.25, -0.2) is 4.39 Å². The Balaban J connectivity index is 2.29. The number of hydrogen-bond donors (Lipinski definition) is 1. The van der Waals surface area contributed by atoms with Gasteiger partial charge in [-0.15, -0.1) is 0 Å². The smallest absolute Gasteiger partial charge is 0.293 e. The third kappa shape index (κ3) is 3.71. The first-order valence-electron chi connectivity index (χ1n) is 6.04. The Hall–Kier alpha value is -1.66. The van der Waals surface area contributed by atoms with Crippen LogP contribution in [0, 0.1) is 15.9 Å². The fourth-order valence-corrected chi connectivity index (χ4v) is 2.44.